The van der Waals surface area contributed by atoms with Crippen LogP contribution in [-0.2, 0) is 14.4 Å². The van der Waals surface area contributed by atoms with Gasteiger partial charge in [-0.25, -0.2) is 4.79 Å². The summed E-state index contributed by atoms with van der Waals surface area (Å²) in [4.78, 5) is 42.3. The van der Waals surface area contributed by atoms with Gasteiger partial charge in [-0.1, -0.05) is 17.2 Å². The zero-order chi connectivity index (χ0) is 15.4. The zero-order valence-corrected chi connectivity index (χ0v) is 11.9. The molecule has 1 aliphatic heterocycles. The highest BCUT2D eigenvalue weighted by atomic mass is 16.7. The van der Waals surface area contributed by atoms with E-state index >= 15 is 0 Å². The van der Waals surface area contributed by atoms with Gasteiger partial charge < -0.3 is 9.57 Å². The van der Waals surface area contributed by atoms with Gasteiger partial charge in [0, 0.05) is 13.7 Å². The molecule has 0 N–H and O–H groups in total. The van der Waals surface area contributed by atoms with E-state index in [2.05, 4.69) is 0 Å². The number of rotatable bonds is 6. The lowest BCUT2D eigenvalue weighted by Crippen LogP contribution is -2.37. The molecule has 1 heterocycles. The number of hydroxylamine groups is 2. The summed E-state index contributed by atoms with van der Waals surface area (Å²) in [6.45, 7) is 0.960. The van der Waals surface area contributed by atoms with Crippen LogP contribution < -0.4 is 0 Å². The van der Waals surface area contributed by atoms with Crippen LogP contribution in [0.3, 0.4) is 0 Å². The topological polar surface area (TPSA) is 76.2 Å². The van der Waals surface area contributed by atoms with Gasteiger partial charge in [0.25, 0.3) is 11.8 Å². The standard InChI is InChI=1S/C14H16N2O5/c1-15(7-8-20-2)9-12(17)21-16-13(18)10-5-3-4-6-11(10)14(16)19/h3-6H,7-9H2,1-2H3. The summed E-state index contributed by atoms with van der Waals surface area (Å²) in [7, 11) is 3.27. The smallest absolute Gasteiger partial charge is 0.347 e. The second-order valence-electron chi connectivity index (χ2n) is 4.64. The predicted molar refractivity (Wildman–Crippen MR) is 72.4 cm³/mol. The maximum atomic E-state index is 12.0. The molecule has 0 radical (unpaired) electrons. The van der Waals surface area contributed by atoms with Crippen molar-refractivity contribution in [1.82, 2.24) is 9.96 Å². The lowest BCUT2D eigenvalue weighted by atomic mass is 10.1. The zero-order valence-electron chi connectivity index (χ0n) is 11.9. The summed E-state index contributed by atoms with van der Waals surface area (Å²) in [5.41, 5.74) is 0.478. The highest BCUT2D eigenvalue weighted by Gasteiger charge is 2.38. The first-order valence-electron chi connectivity index (χ1n) is 6.40. The SMILES string of the molecule is COCCN(C)CC(=O)ON1C(=O)c2ccccc2C1=O. The summed E-state index contributed by atoms with van der Waals surface area (Å²) in [5, 5.41) is 0.511. The van der Waals surface area contributed by atoms with Crippen molar-refractivity contribution < 1.29 is 24.0 Å². The van der Waals surface area contributed by atoms with Crippen LogP contribution in [0.2, 0.25) is 0 Å². The van der Waals surface area contributed by atoms with E-state index in [1.807, 2.05) is 0 Å². The third kappa shape index (κ3) is 3.26. The van der Waals surface area contributed by atoms with Crippen LogP contribution in [0.4, 0.5) is 0 Å². The number of fused-ring (bicyclic) bond motifs is 1. The number of carbonyl (C=O) groups excluding carboxylic acids is 3. The van der Waals surface area contributed by atoms with E-state index in [1.165, 1.54) is 12.1 Å². The van der Waals surface area contributed by atoms with E-state index in [0.29, 0.717) is 18.2 Å². The molecule has 1 aliphatic rings. The van der Waals surface area contributed by atoms with Crippen LogP contribution in [0, 0.1) is 0 Å². The Hall–Kier alpha value is -2.25. The maximum absolute atomic E-state index is 12.0. The number of amides is 2. The fourth-order valence-electron chi connectivity index (χ4n) is 1.93. The number of nitrogens with zero attached hydrogens (tertiary/aromatic N) is 2. The van der Waals surface area contributed by atoms with Gasteiger partial charge in [0.05, 0.1) is 24.3 Å². The predicted octanol–water partition coefficient (Wildman–Crippen LogP) is 0.319. The van der Waals surface area contributed by atoms with Gasteiger partial charge in [-0.15, -0.1) is 0 Å². The van der Waals surface area contributed by atoms with Gasteiger partial charge in [-0.05, 0) is 19.2 Å². The molecule has 112 valence electrons. The van der Waals surface area contributed by atoms with Crippen LogP contribution in [0.1, 0.15) is 20.7 Å². The molecule has 0 saturated carbocycles. The first kappa shape index (κ1) is 15.1. The molecular weight excluding hydrogens is 276 g/mol. The minimum Gasteiger partial charge on any atom is -0.383 e. The van der Waals surface area contributed by atoms with Crippen LogP contribution >= 0.6 is 0 Å². The number of carbonyl (C=O) groups is 3. The van der Waals surface area contributed by atoms with Gasteiger partial charge in [-0.3, -0.25) is 14.5 Å². The Morgan fingerprint density at radius 1 is 1.19 bits per heavy atom. The monoisotopic (exact) mass is 292 g/mol. The van der Waals surface area contributed by atoms with E-state index in [4.69, 9.17) is 9.57 Å². The largest absolute Gasteiger partial charge is 0.383 e. The van der Waals surface area contributed by atoms with E-state index in [0.717, 1.165) is 0 Å². The Kier molecular flexibility index (Phi) is 4.66. The first-order chi connectivity index (χ1) is 10.0. The lowest BCUT2D eigenvalue weighted by molar-refractivity contribution is -0.169. The number of hydrogen-bond acceptors (Lipinski definition) is 6. The highest BCUT2D eigenvalue weighted by Crippen LogP contribution is 2.22. The third-order valence-corrected chi connectivity index (χ3v) is 3.03. The summed E-state index contributed by atoms with van der Waals surface area (Å²) >= 11 is 0. The van der Waals surface area contributed by atoms with E-state index in [1.54, 1.807) is 31.2 Å². The quantitative estimate of drug-likeness (QED) is 0.703. The van der Waals surface area contributed by atoms with Crippen molar-refractivity contribution in [3.05, 3.63) is 35.4 Å². The first-order valence-corrected chi connectivity index (χ1v) is 6.40. The van der Waals surface area contributed by atoms with E-state index in [-0.39, 0.29) is 17.7 Å². The second-order valence-corrected chi connectivity index (χ2v) is 4.64. The molecule has 0 spiro atoms. The van der Waals surface area contributed by atoms with Crippen LogP contribution in [-0.4, -0.2) is 61.6 Å². The average molecular weight is 292 g/mol. The summed E-state index contributed by atoms with van der Waals surface area (Å²) < 4.78 is 4.89. The second kappa shape index (κ2) is 6.47. The number of imide groups is 1. The van der Waals surface area contributed by atoms with Crippen LogP contribution in [0.25, 0.3) is 0 Å². The molecule has 0 bridgehead atoms. The minimum atomic E-state index is -0.678. The number of likely N-dealkylation sites (N-methyl/N-ethyl adjacent to an activating group) is 1. The van der Waals surface area contributed by atoms with Crippen molar-refractivity contribution >= 4 is 17.8 Å². The molecule has 0 atom stereocenters. The third-order valence-electron chi connectivity index (χ3n) is 3.03. The summed E-state index contributed by atoms with van der Waals surface area (Å²) in [6.07, 6.45) is 0. The highest BCUT2D eigenvalue weighted by molar-refractivity contribution is 6.20. The fraction of sp³-hybridized carbons (Fsp3) is 0.357. The van der Waals surface area contributed by atoms with Crippen molar-refractivity contribution in [3.8, 4) is 0 Å². The number of benzene rings is 1. The normalized spacial score (nSPS) is 13.8. The number of ether oxygens (including phenoxy) is 1. The minimum absolute atomic E-state index is 0.0449. The molecule has 1 aromatic carbocycles. The molecule has 0 aromatic heterocycles. The Morgan fingerprint density at radius 2 is 1.76 bits per heavy atom. The molecule has 21 heavy (non-hydrogen) atoms. The molecule has 7 heteroatoms. The summed E-state index contributed by atoms with van der Waals surface area (Å²) in [6, 6.07) is 6.34. The van der Waals surface area contributed by atoms with Crippen molar-refractivity contribution in [2.75, 3.05) is 33.9 Å². The maximum Gasteiger partial charge on any atom is 0.347 e. The van der Waals surface area contributed by atoms with Crippen molar-refractivity contribution in [2.45, 2.75) is 0 Å². The Bertz CT molecular complexity index is 537. The fourth-order valence-corrected chi connectivity index (χ4v) is 1.93. The Balaban J connectivity index is 1.97. The molecule has 7 nitrogen and oxygen atoms in total. The molecule has 0 unspecified atom stereocenters. The summed E-state index contributed by atoms with van der Waals surface area (Å²) in [5.74, 6) is -1.92. The van der Waals surface area contributed by atoms with Crippen LogP contribution in [0.5, 0.6) is 0 Å². The molecule has 1 aromatic rings. The molecule has 0 saturated heterocycles. The molecular formula is C14H16N2O5. The van der Waals surface area contributed by atoms with Crippen molar-refractivity contribution in [3.63, 3.8) is 0 Å². The van der Waals surface area contributed by atoms with Crippen LogP contribution in [0.15, 0.2) is 24.3 Å². The van der Waals surface area contributed by atoms with Gasteiger partial charge >= 0.3 is 5.97 Å². The Labute approximate surface area is 122 Å². The van der Waals surface area contributed by atoms with E-state index in [9.17, 15) is 14.4 Å². The van der Waals surface area contributed by atoms with E-state index < -0.39 is 17.8 Å². The Morgan fingerprint density at radius 3 is 2.29 bits per heavy atom. The average Bonchev–Trinajstić information content (AvgIpc) is 2.71. The van der Waals surface area contributed by atoms with Gasteiger partial charge in [0.1, 0.15) is 0 Å². The molecule has 2 amide bonds. The van der Waals surface area contributed by atoms with Crippen molar-refractivity contribution in [1.29, 1.82) is 0 Å². The van der Waals surface area contributed by atoms with Gasteiger partial charge in [0.15, 0.2) is 0 Å². The van der Waals surface area contributed by atoms with Gasteiger partial charge in [-0.2, -0.15) is 0 Å². The number of methoxy groups -OCH3 is 1. The van der Waals surface area contributed by atoms with Gasteiger partial charge in [0.2, 0.25) is 0 Å². The lowest BCUT2D eigenvalue weighted by Gasteiger charge is -2.17. The van der Waals surface area contributed by atoms with Crippen molar-refractivity contribution in [2.24, 2.45) is 0 Å². The molecule has 0 aliphatic carbocycles. The molecule has 0 fully saturated rings. The number of hydrogen-bond donors (Lipinski definition) is 0. The molecule has 2 rings (SSSR count).